The predicted octanol–water partition coefficient (Wildman–Crippen LogP) is 2.31. The predicted molar refractivity (Wildman–Crippen MR) is 95.7 cm³/mol. The van der Waals surface area contributed by atoms with Gasteiger partial charge in [0.1, 0.15) is 0 Å². The first-order valence-electron chi connectivity index (χ1n) is 7.57. The molecule has 1 amide bonds. The first kappa shape index (κ1) is 17.6. The Kier molecular flexibility index (Phi) is 4.97. The minimum Gasteiger partial charge on any atom is -0.288 e. The summed E-state index contributed by atoms with van der Waals surface area (Å²) < 4.78 is 26.7. The number of carbonyl (C=O) groups excluding carboxylic acids is 1. The molecule has 2 aromatic heterocycles. The highest BCUT2D eigenvalue weighted by molar-refractivity contribution is 7.90. The van der Waals surface area contributed by atoms with Crippen LogP contribution in [0, 0.1) is 0 Å². The normalized spacial score (nSPS) is 11.6. The van der Waals surface area contributed by atoms with Crippen LogP contribution < -0.4 is 5.48 Å². The summed E-state index contributed by atoms with van der Waals surface area (Å²) >= 11 is 0. The first-order chi connectivity index (χ1) is 12.5. The number of pyridine rings is 1. The van der Waals surface area contributed by atoms with E-state index >= 15 is 0 Å². The SMILES string of the molecule is O=C(C=Cc1ccn(S(=O)(=O)c2cccc(-c3ccncc3)c2)c1)NO. The maximum absolute atomic E-state index is 12.8. The van der Waals surface area contributed by atoms with Gasteiger partial charge in [0, 0.05) is 30.9 Å². The van der Waals surface area contributed by atoms with Crippen molar-refractivity contribution in [2.45, 2.75) is 4.90 Å². The molecule has 132 valence electrons. The van der Waals surface area contributed by atoms with Gasteiger partial charge < -0.3 is 0 Å². The molecule has 2 N–H and O–H groups in total. The van der Waals surface area contributed by atoms with Crippen molar-refractivity contribution in [2.24, 2.45) is 0 Å². The molecule has 0 aliphatic heterocycles. The molecule has 0 saturated heterocycles. The van der Waals surface area contributed by atoms with Gasteiger partial charge in [0.25, 0.3) is 15.9 Å². The number of hydrogen-bond donors (Lipinski definition) is 2. The third kappa shape index (κ3) is 3.71. The number of aromatic nitrogens is 2. The zero-order valence-corrected chi connectivity index (χ0v) is 14.3. The highest BCUT2D eigenvalue weighted by Gasteiger charge is 2.17. The van der Waals surface area contributed by atoms with E-state index in [1.54, 1.807) is 42.7 Å². The fourth-order valence-electron chi connectivity index (χ4n) is 2.35. The van der Waals surface area contributed by atoms with E-state index in [9.17, 15) is 13.2 Å². The van der Waals surface area contributed by atoms with E-state index in [1.807, 2.05) is 6.07 Å². The zero-order chi connectivity index (χ0) is 18.6. The number of nitrogens with one attached hydrogen (secondary N) is 1. The summed E-state index contributed by atoms with van der Waals surface area (Å²) in [4.78, 5) is 15.1. The van der Waals surface area contributed by atoms with E-state index in [4.69, 9.17) is 5.21 Å². The molecule has 0 saturated carbocycles. The van der Waals surface area contributed by atoms with Gasteiger partial charge in [-0.05, 0) is 53.1 Å². The van der Waals surface area contributed by atoms with Gasteiger partial charge in [0.2, 0.25) is 0 Å². The van der Waals surface area contributed by atoms with Gasteiger partial charge in [-0.1, -0.05) is 12.1 Å². The smallest absolute Gasteiger partial charge is 0.267 e. The van der Waals surface area contributed by atoms with Crippen molar-refractivity contribution in [1.29, 1.82) is 0 Å². The third-order valence-electron chi connectivity index (χ3n) is 3.65. The Morgan fingerprint density at radius 2 is 1.88 bits per heavy atom. The van der Waals surface area contributed by atoms with E-state index in [1.165, 1.54) is 30.0 Å². The molecular weight excluding hydrogens is 354 g/mol. The van der Waals surface area contributed by atoms with Crippen molar-refractivity contribution in [3.05, 3.63) is 78.9 Å². The van der Waals surface area contributed by atoms with Crippen molar-refractivity contribution in [2.75, 3.05) is 0 Å². The van der Waals surface area contributed by atoms with Gasteiger partial charge in [-0.15, -0.1) is 0 Å². The third-order valence-corrected chi connectivity index (χ3v) is 5.28. The summed E-state index contributed by atoms with van der Waals surface area (Å²) in [5.74, 6) is -0.703. The van der Waals surface area contributed by atoms with Crippen molar-refractivity contribution >= 4 is 22.0 Å². The van der Waals surface area contributed by atoms with Crippen LogP contribution in [0.3, 0.4) is 0 Å². The fraction of sp³-hybridized carbons (Fsp3) is 0. The lowest BCUT2D eigenvalue weighted by Gasteiger charge is -2.08. The fourth-order valence-corrected chi connectivity index (χ4v) is 3.60. The second-order valence-electron chi connectivity index (χ2n) is 5.35. The zero-order valence-electron chi connectivity index (χ0n) is 13.5. The molecule has 8 heteroatoms. The number of nitrogens with zero attached hydrogens (tertiary/aromatic N) is 2. The Bertz CT molecular complexity index is 1060. The minimum atomic E-state index is -3.78. The van der Waals surface area contributed by atoms with Gasteiger partial charge in [0.05, 0.1) is 4.90 Å². The average Bonchev–Trinajstić information content (AvgIpc) is 3.17. The molecule has 3 aromatic rings. The Labute approximate surface area is 150 Å². The molecule has 3 rings (SSSR count). The number of hydroxylamine groups is 1. The lowest BCUT2D eigenvalue weighted by molar-refractivity contribution is -0.124. The molecule has 0 aliphatic carbocycles. The molecule has 1 aromatic carbocycles. The molecule has 2 heterocycles. The standard InChI is InChI=1S/C18H15N3O4S/c22-18(20-23)5-4-14-8-11-21(13-14)26(24,25)17-3-1-2-16(12-17)15-6-9-19-10-7-15/h1-13,23H,(H,20,22). The van der Waals surface area contributed by atoms with Crippen LogP contribution in [0.5, 0.6) is 0 Å². The number of rotatable bonds is 5. The van der Waals surface area contributed by atoms with Gasteiger partial charge in [-0.25, -0.2) is 17.9 Å². The van der Waals surface area contributed by atoms with Crippen molar-refractivity contribution in [3.63, 3.8) is 0 Å². The molecule has 0 unspecified atom stereocenters. The second-order valence-corrected chi connectivity index (χ2v) is 7.20. The molecule has 0 radical (unpaired) electrons. The van der Waals surface area contributed by atoms with Gasteiger partial charge in [0.15, 0.2) is 0 Å². The highest BCUT2D eigenvalue weighted by Crippen LogP contribution is 2.23. The topological polar surface area (TPSA) is 101 Å². The maximum atomic E-state index is 12.8. The summed E-state index contributed by atoms with van der Waals surface area (Å²) in [6, 6.07) is 11.8. The molecule has 0 aliphatic rings. The van der Waals surface area contributed by atoms with E-state index in [0.29, 0.717) is 5.56 Å². The largest absolute Gasteiger partial charge is 0.288 e. The molecule has 0 fully saturated rings. The van der Waals surface area contributed by atoms with Gasteiger partial charge >= 0.3 is 0 Å². The Balaban J connectivity index is 1.93. The van der Waals surface area contributed by atoms with Crippen LogP contribution in [-0.2, 0) is 14.8 Å². The molecule has 0 atom stereocenters. The summed E-state index contributed by atoms with van der Waals surface area (Å²) in [7, 11) is -3.78. The van der Waals surface area contributed by atoms with Crippen LogP contribution in [0.25, 0.3) is 17.2 Å². The monoisotopic (exact) mass is 369 g/mol. The molecule has 26 heavy (non-hydrogen) atoms. The molecule has 0 bridgehead atoms. The lowest BCUT2D eigenvalue weighted by Crippen LogP contribution is -2.14. The van der Waals surface area contributed by atoms with E-state index in [0.717, 1.165) is 21.2 Å². The summed E-state index contributed by atoms with van der Waals surface area (Å²) in [6.07, 6.45) is 8.55. The van der Waals surface area contributed by atoms with Crippen LogP contribution >= 0.6 is 0 Å². The molecule has 7 nitrogen and oxygen atoms in total. The van der Waals surface area contributed by atoms with Crippen LogP contribution in [0.4, 0.5) is 0 Å². The Morgan fingerprint density at radius 1 is 1.12 bits per heavy atom. The van der Waals surface area contributed by atoms with Gasteiger partial charge in [-0.2, -0.15) is 0 Å². The number of carbonyl (C=O) groups is 1. The quantitative estimate of drug-likeness (QED) is 0.408. The molecule has 0 spiro atoms. The van der Waals surface area contributed by atoms with Crippen molar-refractivity contribution in [1.82, 2.24) is 14.4 Å². The van der Waals surface area contributed by atoms with E-state index < -0.39 is 15.9 Å². The number of benzene rings is 1. The Morgan fingerprint density at radius 3 is 2.62 bits per heavy atom. The van der Waals surface area contributed by atoms with Crippen LogP contribution in [0.15, 0.2) is 78.2 Å². The van der Waals surface area contributed by atoms with Crippen molar-refractivity contribution < 1.29 is 18.4 Å². The number of amides is 1. The average molecular weight is 369 g/mol. The van der Waals surface area contributed by atoms with Crippen LogP contribution in [-0.4, -0.2) is 28.5 Å². The second kappa shape index (κ2) is 7.34. The lowest BCUT2D eigenvalue weighted by atomic mass is 10.1. The first-order valence-corrected chi connectivity index (χ1v) is 9.01. The summed E-state index contributed by atoms with van der Waals surface area (Å²) in [5.41, 5.74) is 3.60. The van der Waals surface area contributed by atoms with Crippen LogP contribution in [0.1, 0.15) is 5.56 Å². The van der Waals surface area contributed by atoms with Crippen molar-refractivity contribution in [3.8, 4) is 11.1 Å². The van der Waals surface area contributed by atoms with E-state index in [-0.39, 0.29) is 4.90 Å². The minimum absolute atomic E-state index is 0.144. The van der Waals surface area contributed by atoms with E-state index in [2.05, 4.69) is 4.98 Å². The van der Waals surface area contributed by atoms with Gasteiger partial charge in [-0.3, -0.25) is 15.0 Å². The summed E-state index contributed by atoms with van der Waals surface area (Å²) in [5, 5.41) is 8.46. The number of hydrogen-bond acceptors (Lipinski definition) is 5. The highest BCUT2D eigenvalue weighted by atomic mass is 32.2. The van der Waals surface area contributed by atoms with Crippen LogP contribution in [0.2, 0.25) is 0 Å². The summed E-state index contributed by atoms with van der Waals surface area (Å²) in [6.45, 7) is 0. The maximum Gasteiger partial charge on any atom is 0.267 e. The Hall–Kier alpha value is -3.23. The molecular formula is C18H15N3O4S.